The summed E-state index contributed by atoms with van der Waals surface area (Å²) >= 11 is 1.54. The number of piperidine rings is 3. The zero-order valence-electron chi connectivity index (χ0n) is 13.9. The van der Waals surface area contributed by atoms with Gasteiger partial charge in [0.25, 0.3) is 0 Å². The van der Waals surface area contributed by atoms with Gasteiger partial charge in [-0.3, -0.25) is 0 Å². The van der Waals surface area contributed by atoms with Gasteiger partial charge in [-0.2, -0.15) is 0 Å². The van der Waals surface area contributed by atoms with Crippen LogP contribution >= 0.6 is 23.7 Å². The zero-order chi connectivity index (χ0) is 16.6. The van der Waals surface area contributed by atoms with E-state index in [1.54, 1.807) is 0 Å². The lowest BCUT2D eigenvalue weighted by atomic mass is 9.67. The molecule has 4 heterocycles. The van der Waals surface area contributed by atoms with Gasteiger partial charge in [-0.1, -0.05) is 24.3 Å². The van der Waals surface area contributed by atoms with E-state index < -0.39 is 11.5 Å². The molecule has 1 aromatic heterocycles. The summed E-state index contributed by atoms with van der Waals surface area (Å²) in [6.07, 6.45) is 2.20. The molecule has 5 rings (SSSR count). The Labute approximate surface area is 158 Å². The van der Waals surface area contributed by atoms with Crippen molar-refractivity contribution < 1.29 is 9.90 Å². The molecular formula is C19H23ClN2O2S. The summed E-state index contributed by atoms with van der Waals surface area (Å²) in [6, 6.07) is 13.7. The predicted molar refractivity (Wildman–Crippen MR) is 104 cm³/mol. The third kappa shape index (κ3) is 3.16. The van der Waals surface area contributed by atoms with Gasteiger partial charge in [0.05, 0.1) is 0 Å². The van der Waals surface area contributed by atoms with E-state index in [9.17, 15) is 9.90 Å². The summed E-state index contributed by atoms with van der Waals surface area (Å²) in [7, 11) is 0. The fraction of sp³-hybridized carbons (Fsp3) is 0.421. The Hall–Kier alpha value is -1.56. The van der Waals surface area contributed by atoms with Gasteiger partial charge in [0, 0.05) is 23.0 Å². The molecular weight excluding hydrogens is 356 g/mol. The minimum absolute atomic E-state index is 0. The highest BCUT2D eigenvalue weighted by Crippen LogP contribution is 2.46. The van der Waals surface area contributed by atoms with E-state index in [0.717, 1.165) is 43.0 Å². The molecule has 6 heteroatoms. The number of benzene rings is 1. The number of anilines is 1. The quantitative estimate of drug-likeness (QED) is 0.828. The van der Waals surface area contributed by atoms with Crippen LogP contribution in [0.25, 0.3) is 0 Å². The van der Waals surface area contributed by atoms with Gasteiger partial charge in [0.15, 0.2) is 5.54 Å². The molecule has 1 aromatic carbocycles. The Bertz CT molecular complexity index is 701. The van der Waals surface area contributed by atoms with Gasteiger partial charge >= 0.3 is 5.97 Å². The molecule has 2 aromatic rings. The van der Waals surface area contributed by atoms with Crippen molar-refractivity contribution in [3.05, 3.63) is 52.7 Å². The average molecular weight is 379 g/mol. The molecule has 3 saturated heterocycles. The van der Waals surface area contributed by atoms with Gasteiger partial charge < -0.3 is 15.3 Å². The Balaban J connectivity index is 0.00000182. The van der Waals surface area contributed by atoms with Crippen molar-refractivity contribution in [2.24, 2.45) is 11.8 Å². The molecule has 25 heavy (non-hydrogen) atoms. The first kappa shape index (κ1) is 18.2. The summed E-state index contributed by atoms with van der Waals surface area (Å²) in [5.41, 5.74) is -0.191. The monoisotopic (exact) mass is 378 g/mol. The normalized spacial score (nSPS) is 27.1. The molecule has 2 unspecified atom stereocenters. The van der Waals surface area contributed by atoms with Gasteiger partial charge in [0.2, 0.25) is 0 Å². The molecule has 3 aliphatic heterocycles. The Morgan fingerprint density at radius 3 is 2.40 bits per heavy atom. The second kappa shape index (κ2) is 7.36. The zero-order valence-corrected chi connectivity index (χ0v) is 15.6. The number of nitrogens with one attached hydrogen (secondary N) is 1. The van der Waals surface area contributed by atoms with Crippen molar-refractivity contribution >= 4 is 35.4 Å². The van der Waals surface area contributed by atoms with Crippen LogP contribution in [0.2, 0.25) is 0 Å². The SMILES string of the molecule is Cl.O=C(O)C(Nc1ccccc1)(c1cccs1)C1CN2CCC1CC2. The summed E-state index contributed by atoms with van der Waals surface area (Å²) in [6.45, 7) is 3.06. The van der Waals surface area contributed by atoms with Crippen molar-refractivity contribution in [1.82, 2.24) is 4.90 Å². The van der Waals surface area contributed by atoms with Crippen LogP contribution in [0, 0.1) is 11.8 Å². The number of thiophene rings is 1. The van der Waals surface area contributed by atoms with E-state index in [0.29, 0.717) is 5.92 Å². The fourth-order valence-corrected chi connectivity index (χ4v) is 5.30. The lowest BCUT2D eigenvalue weighted by Gasteiger charge is -2.51. The lowest BCUT2D eigenvalue weighted by molar-refractivity contribution is -0.148. The number of carbonyl (C=O) groups is 1. The van der Waals surface area contributed by atoms with E-state index in [4.69, 9.17) is 0 Å². The predicted octanol–water partition coefficient (Wildman–Crippen LogP) is 3.90. The maximum absolute atomic E-state index is 12.6. The number of hydrogen-bond donors (Lipinski definition) is 2. The largest absolute Gasteiger partial charge is 0.479 e. The third-order valence-corrected chi connectivity index (χ3v) is 6.58. The highest BCUT2D eigenvalue weighted by molar-refractivity contribution is 7.10. The number of carboxylic acid groups (broad SMARTS) is 1. The highest BCUT2D eigenvalue weighted by Gasteiger charge is 2.54. The standard InChI is InChI=1S/C19H22N2O2S.ClH/c22-18(23)19(17-7-4-12-24-17,20-15-5-2-1-3-6-15)16-13-21-10-8-14(16)9-11-21;/h1-7,12,14,16,20H,8-11,13H2,(H,22,23);1H. The van der Waals surface area contributed by atoms with Crippen molar-refractivity contribution in [3.63, 3.8) is 0 Å². The number of nitrogens with zero attached hydrogens (tertiary/aromatic N) is 1. The van der Waals surface area contributed by atoms with Gasteiger partial charge in [-0.25, -0.2) is 4.79 Å². The van der Waals surface area contributed by atoms with Crippen LogP contribution in [0.5, 0.6) is 0 Å². The van der Waals surface area contributed by atoms with Crippen molar-refractivity contribution in [1.29, 1.82) is 0 Å². The Morgan fingerprint density at radius 2 is 1.88 bits per heavy atom. The number of halogens is 1. The summed E-state index contributed by atoms with van der Waals surface area (Å²) in [5, 5.41) is 15.8. The van der Waals surface area contributed by atoms with E-state index in [1.807, 2.05) is 47.8 Å². The molecule has 4 nitrogen and oxygen atoms in total. The molecule has 0 spiro atoms. The van der Waals surface area contributed by atoms with E-state index in [1.165, 1.54) is 11.3 Å². The van der Waals surface area contributed by atoms with Gasteiger partial charge in [0.1, 0.15) is 0 Å². The second-order valence-electron chi connectivity index (χ2n) is 6.83. The molecule has 2 bridgehead atoms. The van der Waals surface area contributed by atoms with Crippen molar-refractivity contribution in [2.75, 3.05) is 25.0 Å². The van der Waals surface area contributed by atoms with Crippen LogP contribution in [0.3, 0.4) is 0 Å². The first-order chi connectivity index (χ1) is 11.7. The minimum Gasteiger partial charge on any atom is -0.479 e. The number of para-hydroxylation sites is 1. The van der Waals surface area contributed by atoms with Gasteiger partial charge in [-0.15, -0.1) is 23.7 Å². The molecule has 0 saturated carbocycles. The van der Waals surface area contributed by atoms with Gasteiger partial charge in [-0.05, 0) is 55.4 Å². The first-order valence-corrected chi connectivity index (χ1v) is 9.41. The number of fused-ring (bicyclic) bond motifs is 3. The third-order valence-electron chi connectivity index (χ3n) is 5.57. The van der Waals surface area contributed by atoms with Crippen LogP contribution in [-0.2, 0) is 10.3 Å². The average Bonchev–Trinajstić information content (AvgIpc) is 3.16. The summed E-state index contributed by atoms with van der Waals surface area (Å²) in [5.74, 6) is -0.228. The summed E-state index contributed by atoms with van der Waals surface area (Å²) in [4.78, 5) is 15.9. The van der Waals surface area contributed by atoms with Crippen LogP contribution < -0.4 is 5.32 Å². The molecule has 2 atom stereocenters. The maximum Gasteiger partial charge on any atom is 0.335 e. The molecule has 0 radical (unpaired) electrons. The highest BCUT2D eigenvalue weighted by atomic mass is 35.5. The second-order valence-corrected chi connectivity index (χ2v) is 7.77. The topological polar surface area (TPSA) is 52.6 Å². The van der Waals surface area contributed by atoms with Crippen LogP contribution in [0.1, 0.15) is 17.7 Å². The number of carboxylic acids is 1. The molecule has 3 fully saturated rings. The molecule has 0 amide bonds. The first-order valence-electron chi connectivity index (χ1n) is 8.53. The molecule has 3 aliphatic rings. The minimum atomic E-state index is -1.06. The molecule has 0 aliphatic carbocycles. The maximum atomic E-state index is 12.6. The smallest absolute Gasteiger partial charge is 0.335 e. The molecule has 2 N–H and O–H groups in total. The van der Waals surface area contributed by atoms with Crippen LogP contribution in [-0.4, -0.2) is 35.6 Å². The lowest BCUT2D eigenvalue weighted by Crippen LogP contribution is -2.60. The van der Waals surface area contributed by atoms with E-state index >= 15 is 0 Å². The van der Waals surface area contributed by atoms with Crippen molar-refractivity contribution in [3.8, 4) is 0 Å². The van der Waals surface area contributed by atoms with E-state index in [2.05, 4.69) is 10.2 Å². The Kier molecular flexibility index (Phi) is 5.37. The summed E-state index contributed by atoms with van der Waals surface area (Å²) < 4.78 is 0. The number of aliphatic carboxylic acids is 1. The number of hydrogen-bond acceptors (Lipinski definition) is 4. The van der Waals surface area contributed by atoms with Crippen LogP contribution in [0.4, 0.5) is 5.69 Å². The van der Waals surface area contributed by atoms with Crippen LogP contribution in [0.15, 0.2) is 47.8 Å². The molecule has 134 valence electrons. The Morgan fingerprint density at radius 1 is 1.16 bits per heavy atom. The number of rotatable bonds is 5. The fourth-order valence-electron chi connectivity index (χ4n) is 4.36. The van der Waals surface area contributed by atoms with E-state index in [-0.39, 0.29) is 18.3 Å². The van der Waals surface area contributed by atoms with Crippen molar-refractivity contribution in [2.45, 2.75) is 18.4 Å².